The lowest BCUT2D eigenvalue weighted by Crippen LogP contribution is -2.67. The summed E-state index contributed by atoms with van der Waals surface area (Å²) in [5, 5.41) is 11.2. The first-order valence-electron chi connectivity index (χ1n) is 12.3. The number of likely N-dealkylation sites (tertiary alicyclic amines) is 1. The lowest BCUT2D eigenvalue weighted by Gasteiger charge is -2.49. The third-order valence-corrected chi connectivity index (χ3v) is 7.99. The predicted octanol–water partition coefficient (Wildman–Crippen LogP) is 3.57. The Morgan fingerprint density at radius 2 is 1.66 bits per heavy atom. The van der Waals surface area contributed by atoms with Gasteiger partial charge in [-0.25, -0.2) is 4.79 Å². The number of amides is 1. The molecule has 38 heavy (non-hydrogen) atoms. The number of carbonyl (C=O) groups is 1. The Balaban J connectivity index is 1.39. The number of rotatable bonds is 6. The number of aliphatic hydroxyl groups excluding tert-OH is 1. The molecule has 0 bridgehead atoms. The zero-order valence-electron chi connectivity index (χ0n) is 20.8. The average Bonchev–Trinajstić information content (AvgIpc) is 2.94. The van der Waals surface area contributed by atoms with Crippen LogP contribution in [0.25, 0.3) is 0 Å². The van der Waals surface area contributed by atoms with Gasteiger partial charge < -0.3 is 19.3 Å². The topological polar surface area (TPSA) is 112 Å². The Morgan fingerprint density at radius 3 is 2.34 bits per heavy atom. The first kappa shape index (κ1) is 26.3. The molecule has 0 aromatic heterocycles. The third-order valence-electron chi connectivity index (χ3n) is 6.64. The molecule has 2 saturated heterocycles. The molecule has 0 spiro atoms. The van der Waals surface area contributed by atoms with Gasteiger partial charge >= 0.3 is 6.09 Å². The van der Waals surface area contributed by atoms with E-state index in [4.69, 9.17) is 18.4 Å². The molecular formula is C28H29NO8S. The number of piperidine rings is 1. The van der Waals surface area contributed by atoms with Crippen molar-refractivity contribution >= 4 is 16.2 Å². The van der Waals surface area contributed by atoms with Crippen LogP contribution in [0, 0.1) is 6.92 Å². The lowest BCUT2D eigenvalue weighted by atomic mass is 9.93. The summed E-state index contributed by atoms with van der Waals surface area (Å²) in [6.45, 7) is 1.69. The van der Waals surface area contributed by atoms with Gasteiger partial charge in [-0.2, -0.15) is 8.42 Å². The van der Waals surface area contributed by atoms with Gasteiger partial charge in [0.1, 0.15) is 24.9 Å². The molecule has 0 saturated carbocycles. The number of ether oxygens (including phenoxy) is 3. The first-order valence-corrected chi connectivity index (χ1v) is 13.7. The molecule has 0 radical (unpaired) electrons. The highest BCUT2D eigenvalue weighted by Gasteiger charge is 2.51. The molecule has 0 unspecified atom stereocenters. The number of benzene rings is 3. The Kier molecular flexibility index (Phi) is 7.78. The molecule has 9 nitrogen and oxygen atoms in total. The van der Waals surface area contributed by atoms with Crippen LogP contribution in [0.15, 0.2) is 89.8 Å². The fourth-order valence-corrected chi connectivity index (χ4v) is 5.67. The number of hydrogen-bond acceptors (Lipinski definition) is 8. The summed E-state index contributed by atoms with van der Waals surface area (Å²) in [6.07, 6.45) is -5.12. The minimum Gasteiger partial charge on any atom is -0.445 e. The van der Waals surface area contributed by atoms with E-state index in [9.17, 15) is 18.3 Å². The summed E-state index contributed by atoms with van der Waals surface area (Å²) in [7, 11) is -4.24. The van der Waals surface area contributed by atoms with Crippen molar-refractivity contribution < 1.29 is 36.7 Å². The average molecular weight is 540 g/mol. The molecule has 1 N–H and O–H groups in total. The summed E-state index contributed by atoms with van der Waals surface area (Å²) < 4.78 is 49.1. The van der Waals surface area contributed by atoms with Gasteiger partial charge in [0, 0.05) is 5.56 Å². The Morgan fingerprint density at radius 1 is 1.00 bits per heavy atom. The van der Waals surface area contributed by atoms with Gasteiger partial charge in [0.15, 0.2) is 6.29 Å². The van der Waals surface area contributed by atoms with Crippen molar-refractivity contribution in [2.45, 2.75) is 49.1 Å². The van der Waals surface area contributed by atoms with E-state index in [1.54, 1.807) is 12.1 Å². The van der Waals surface area contributed by atoms with Gasteiger partial charge in [-0.3, -0.25) is 9.08 Å². The fourth-order valence-electron chi connectivity index (χ4n) is 4.59. The maximum Gasteiger partial charge on any atom is 0.410 e. The van der Waals surface area contributed by atoms with Gasteiger partial charge in [0.05, 0.1) is 24.1 Å². The molecule has 0 aliphatic carbocycles. The summed E-state index contributed by atoms with van der Waals surface area (Å²) in [5.74, 6) is 0. The Hall–Kier alpha value is -3.28. The Bertz CT molecular complexity index is 1330. The second-order valence-corrected chi connectivity index (χ2v) is 10.9. The van der Waals surface area contributed by atoms with E-state index in [1.807, 2.05) is 67.6 Å². The van der Waals surface area contributed by atoms with E-state index in [2.05, 4.69) is 0 Å². The van der Waals surface area contributed by atoms with Crippen molar-refractivity contribution in [1.29, 1.82) is 0 Å². The molecule has 2 aliphatic rings. The van der Waals surface area contributed by atoms with E-state index >= 15 is 0 Å². The molecule has 2 fully saturated rings. The SMILES string of the molecule is Cc1ccc(S(=O)(=O)O[C@H]2CN(C(=O)OCc3ccccc3)[C@@H]3CO[C@@H](c4ccccc4)O[C@H]3[C@@H]2O)cc1. The van der Waals surface area contributed by atoms with Crippen LogP contribution < -0.4 is 0 Å². The van der Waals surface area contributed by atoms with Gasteiger partial charge in [0.25, 0.3) is 10.1 Å². The van der Waals surface area contributed by atoms with Crippen molar-refractivity contribution in [3.63, 3.8) is 0 Å². The van der Waals surface area contributed by atoms with Crippen LogP contribution in [0.2, 0.25) is 0 Å². The molecule has 2 aliphatic heterocycles. The van der Waals surface area contributed by atoms with E-state index in [1.165, 1.54) is 17.0 Å². The van der Waals surface area contributed by atoms with Crippen LogP contribution in [0.5, 0.6) is 0 Å². The second-order valence-electron chi connectivity index (χ2n) is 9.33. The Labute approximate surface area is 221 Å². The van der Waals surface area contributed by atoms with E-state index in [-0.39, 0.29) is 24.7 Å². The van der Waals surface area contributed by atoms with Gasteiger partial charge in [0.2, 0.25) is 0 Å². The lowest BCUT2D eigenvalue weighted by molar-refractivity contribution is -0.281. The van der Waals surface area contributed by atoms with Crippen molar-refractivity contribution in [3.8, 4) is 0 Å². The van der Waals surface area contributed by atoms with E-state index in [0.29, 0.717) is 0 Å². The maximum atomic E-state index is 13.2. The van der Waals surface area contributed by atoms with Crippen molar-refractivity contribution in [2.24, 2.45) is 0 Å². The van der Waals surface area contributed by atoms with Crippen LogP contribution in [0.1, 0.15) is 23.0 Å². The summed E-state index contributed by atoms with van der Waals surface area (Å²) in [5.41, 5.74) is 2.41. The van der Waals surface area contributed by atoms with Crippen LogP contribution in [-0.2, 0) is 35.1 Å². The van der Waals surface area contributed by atoms with Crippen molar-refractivity contribution in [1.82, 2.24) is 4.90 Å². The number of hydrogen-bond donors (Lipinski definition) is 1. The van der Waals surface area contributed by atoms with Crippen molar-refractivity contribution in [3.05, 3.63) is 102 Å². The molecule has 10 heteroatoms. The number of nitrogens with zero attached hydrogens (tertiary/aromatic N) is 1. The molecule has 5 atom stereocenters. The standard InChI is InChI=1S/C28H29NO8S/c1-19-12-14-22(15-13-19)38(32,33)37-24-16-29(28(31)35-17-20-8-4-2-5-9-20)23-18-34-27(36-26(23)25(24)30)21-10-6-3-7-11-21/h2-15,23-27,30H,16-18H2,1H3/t23-,24+,25-,26-,27-/m1/s1. The highest BCUT2D eigenvalue weighted by molar-refractivity contribution is 7.86. The zero-order valence-corrected chi connectivity index (χ0v) is 21.6. The van der Waals surface area contributed by atoms with Gasteiger partial charge in [-0.1, -0.05) is 78.4 Å². The molecule has 1 amide bonds. The normalized spacial score (nSPS) is 25.4. The van der Waals surface area contributed by atoms with Gasteiger partial charge in [-0.15, -0.1) is 0 Å². The molecular weight excluding hydrogens is 510 g/mol. The fraction of sp³-hybridized carbons (Fsp3) is 0.321. The minimum absolute atomic E-state index is 0.0255. The van der Waals surface area contributed by atoms with E-state index in [0.717, 1.165) is 16.7 Å². The molecule has 3 aromatic carbocycles. The third kappa shape index (κ3) is 5.74. The molecule has 5 rings (SSSR count). The maximum absolute atomic E-state index is 13.2. The smallest absolute Gasteiger partial charge is 0.410 e. The van der Waals surface area contributed by atoms with Gasteiger partial charge in [-0.05, 0) is 24.6 Å². The molecule has 2 heterocycles. The summed E-state index contributed by atoms with van der Waals surface area (Å²) in [4.78, 5) is 14.5. The molecule has 200 valence electrons. The predicted molar refractivity (Wildman–Crippen MR) is 136 cm³/mol. The minimum atomic E-state index is -4.24. The largest absolute Gasteiger partial charge is 0.445 e. The van der Waals surface area contributed by atoms with Crippen LogP contribution >= 0.6 is 0 Å². The van der Waals surface area contributed by atoms with Crippen LogP contribution in [0.3, 0.4) is 0 Å². The molecule has 3 aromatic rings. The monoisotopic (exact) mass is 539 g/mol. The number of aliphatic hydroxyl groups is 1. The van der Waals surface area contributed by atoms with Crippen LogP contribution in [0.4, 0.5) is 4.79 Å². The number of aryl methyl sites for hydroxylation is 1. The number of fused-ring (bicyclic) bond motifs is 1. The summed E-state index contributed by atoms with van der Waals surface area (Å²) in [6, 6.07) is 23.8. The highest BCUT2D eigenvalue weighted by atomic mass is 32.2. The first-order chi connectivity index (χ1) is 18.3. The number of carbonyl (C=O) groups excluding carboxylic acids is 1. The second kappa shape index (κ2) is 11.2. The van der Waals surface area contributed by atoms with E-state index < -0.39 is 46.9 Å². The van der Waals surface area contributed by atoms with Crippen LogP contribution in [-0.4, -0.2) is 62.0 Å². The van der Waals surface area contributed by atoms with Crippen molar-refractivity contribution in [2.75, 3.05) is 13.2 Å². The summed E-state index contributed by atoms with van der Waals surface area (Å²) >= 11 is 0. The zero-order chi connectivity index (χ0) is 26.7. The highest BCUT2D eigenvalue weighted by Crippen LogP contribution is 2.35. The quantitative estimate of drug-likeness (QED) is 0.474.